The third kappa shape index (κ3) is 3.93. The molecule has 1 aromatic heterocycles. The van der Waals surface area contributed by atoms with Crippen molar-refractivity contribution < 1.29 is 14.3 Å². The van der Waals surface area contributed by atoms with Gasteiger partial charge in [0.2, 0.25) is 6.10 Å². The van der Waals surface area contributed by atoms with Crippen LogP contribution in [0.25, 0.3) is 0 Å². The number of nitrogens with zero attached hydrogens (tertiary/aromatic N) is 1. The SMILES string of the molecule is C[C@@H]1CCc2sc(C(=O)O[C@H](C(=O)N(C)C)c3ccccc3)cc2C1. The van der Waals surface area contributed by atoms with Crippen molar-refractivity contribution in [1.82, 2.24) is 4.90 Å². The van der Waals surface area contributed by atoms with E-state index < -0.39 is 12.1 Å². The lowest BCUT2D eigenvalue weighted by molar-refractivity contribution is -0.138. The molecule has 2 atom stereocenters. The zero-order valence-corrected chi connectivity index (χ0v) is 15.6. The Balaban J connectivity index is 1.82. The van der Waals surface area contributed by atoms with Crippen molar-refractivity contribution in [3.8, 4) is 0 Å². The summed E-state index contributed by atoms with van der Waals surface area (Å²) >= 11 is 1.50. The van der Waals surface area contributed by atoms with Crippen LogP contribution in [0.5, 0.6) is 0 Å². The third-order valence-corrected chi connectivity index (χ3v) is 5.74. The van der Waals surface area contributed by atoms with Crippen LogP contribution in [0.4, 0.5) is 0 Å². The maximum Gasteiger partial charge on any atom is 0.349 e. The number of carbonyl (C=O) groups is 2. The molecule has 2 aromatic rings. The molecule has 0 N–H and O–H groups in total. The van der Waals surface area contributed by atoms with E-state index in [1.807, 2.05) is 24.3 Å². The Bertz CT molecular complexity index is 767. The first-order valence-corrected chi connectivity index (χ1v) is 9.36. The van der Waals surface area contributed by atoms with Gasteiger partial charge in [-0.05, 0) is 36.8 Å². The van der Waals surface area contributed by atoms with Crippen molar-refractivity contribution in [2.75, 3.05) is 14.1 Å². The molecule has 5 heteroatoms. The number of rotatable bonds is 4. The number of thiophene rings is 1. The number of esters is 1. The van der Waals surface area contributed by atoms with E-state index >= 15 is 0 Å². The van der Waals surface area contributed by atoms with E-state index in [1.165, 1.54) is 26.7 Å². The summed E-state index contributed by atoms with van der Waals surface area (Å²) in [5.41, 5.74) is 1.94. The Morgan fingerprint density at radius 1 is 1.24 bits per heavy atom. The lowest BCUT2D eigenvalue weighted by Gasteiger charge is -2.20. The van der Waals surface area contributed by atoms with Crippen LogP contribution < -0.4 is 0 Å². The van der Waals surface area contributed by atoms with E-state index in [-0.39, 0.29) is 5.91 Å². The molecule has 1 aliphatic rings. The van der Waals surface area contributed by atoms with Crippen molar-refractivity contribution >= 4 is 23.2 Å². The number of carbonyl (C=O) groups excluding carboxylic acids is 2. The summed E-state index contributed by atoms with van der Waals surface area (Å²) in [4.78, 5) is 28.5. The number of benzene rings is 1. The molecular formula is C20H23NO3S. The molecular weight excluding hydrogens is 334 g/mol. The minimum absolute atomic E-state index is 0.241. The van der Waals surface area contributed by atoms with Crippen LogP contribution in [0, 0.1) is 5.92 Å². The highest BCUT2D eigenvalue weighted by molar-refractivity contribution is 7.14. The van der Waals surface area contributed by atoms with Gasteiger partial charge in [0, 0.05) is 24.5 Å². The van der Waals surface area contributed by atoms with Crippen molar-refractivity contribution in [3.05, 3.63) is 57.3 Å². The van der Waals surface area contributed by atoms with Gasteiger partial charge in [0.1, 0.15) is 4.88 Å². The fraction of sp³-hybridized carbons (Fsp3) is 0.400. The van der Waals surface area contributed by atoms with Gasteiger partial charge in [0.05, 0.1) is 0 Å². The fourth-order valence-corrected chi connectivity index (χ4v) is 4.19. The number of ether oxygens (including phenoxy) is 1. The smallest absolute Gasteiger partial charge is 0.349 e. The van der Waals surface area contributed by atoms with Crippen LogP contribution in [0.2, 0.25) is 0 Å². The normalized spacial score (nSPS) is 17.5. The topological polar surface area (TPSA) is 46.6 Å². The van der Waals surface area contributed by atoms with E-state index in [0.717, 1.165) is 19.3 Å². The number of hydrogen-bond donors (Lipinski definition) is 0. The molecule has 4 nitrogen and oxygen atoms in total. The molecule has 0 saturated carbocycles. The molecule has 3 rings (SSSR count). The molecule has 132 valence electrons. The molecule has 0 radical (unpaired) electrons. The van der Waals surface area contributed by atoms with Gasteiger partial charge in [-0.1, -0.05) is 37.3 Å². The fourth-order valence-electron chi connectivity index (χ4n) is 3.09. The van der Waals surface area contributed by atoms with Crippen LogP contribution in [-0.4, -0.2) is 30.9 Å². The second-order valence-corrected chi connectivity index (χ2v) is 7.97. The van der Waals surface area contributed by atoms with E-state index in [0.29, 0.717) is 16.4 Å². The second-order valence-electron chi connectivity index (χ2n) is 6.84. The first-order chi connectivity index (χ1) is 12.0. The summed E-state index contributed by atoms with van der Waals surface area (Å²) in [6.45, 7) is 2.24. The second kappa shape index (κ2) is 7.40. The van der Waals surface area contributed by atoms with Gasteiger partial charge < -0.3 is 9.64 Å². The number of amides is 1. The monoisotopic (exact) mass is 357 g/mol. The molecule has 25 heavy (non-hydrogen) atoms. The third-order valence-electron chi connectivity index (χ3n) is 4.52. The van der Waals surface area contributed by atoms with Crippen molar-refractivity contribution in [2.24, 2.45) is 5.92 Å². The summed E-state index contributed by atoms with van der Waals surface area (Å²) in [6, 6.07) is 11.1. The van der Waals surface area contributed by atoms with Crippen LogP contribution in [0.15, 0.2) is 36.4 Å². The first-order valence-electron chi connectivity index (χ1n) is 8.54. The molecule has 0 fully saturated rings. The van der Waals surface area contributed by atoms with Crippen LogP contribution in [-0.2, 0) is 22.4 Å². The average Bonchev–Trinajstić information content (AvgIpc) is 3.02. The van der Waals surface area contributed by atoms with E-state index in [2.05, 4.69) is 6.92 Å². The molecule has 0 unspecified atom stereocenters. The van der Waals surface area contributed by atoms with E-state index in [1.54, 1.807) is 26.2 Å². The molecule has 1 heterocycles. The summed E-state index contributed by atoms with van der Waals surface area (Å²) in [7, 11) is 3.33. The predicted octanol–water partition coefficient (Wildman–Crippen LogP) is 3.86. The minimum atomic E-state index is -0.915. The maximum atomic E-state index is 12.7. The number of aryl methyl sites for hydroxylation is 1. The zero-order chi connectivity index (χ0) is 18.0. The lowest BCUT2D eigenvalue weighted by Crippen LogP contribution is -2.31. The lowest BCUT2D eigenvalue weighted by atomic mass is 9.90. The number of hydrogen-bond acceptors (Lipinski definition) is 4. The molecule has 0 saturated heterocycles. The molecule has 1 aromatic carbocycles. The van der Waals surface area contributed by atoms with Gasteiger partial charge >= 0.3 is 5.97 Å². The van der Waals surface area contributed by atoms with E-state index in [9.17, 15) is 9.59 Å². The summed E-state index contributed by atoms with van der Waals surface area (Å²) in [6.07, 6.45) is 2.28. The Morgan fingerprint density at radius 2 is 1.96 bits per heavy atom. The van der Waals surface area contributed by atoms with Gasteiger partial charge in [-0.3, -0.25) is 4.79 Å². The molecule has 0 spiro atoms. The molecule has 0 aliphatic heterocycles. The quantitative estimate of drug-likeness (QED) is 0.781. The number of fused-ring (bicyclic) bond motifs is 1. The highest BCUT2D eigenvalue weighted by Crippen LogP contribution is 2.33. The van der Waals surface area contributed by atoms with Gasteiger partial charge in [0.25, 0.3) is 5.91 Å². The molecule has 1 aliphatic carbocycles. The summed E-state index contributed by atoms with van der Waals surface area (Å²) < 4.78 is 5.63. The number of likely N-dealkylation sites (N-methyl/N-ethyl adjacent to an activating group) is 1. The van der Waals surface area contributed by atoms with Crippen LogP contribution >= 0.6 is 11.3 Å². The standard InChI is InChI=1S/C20H23NO3S/c1-13-9-10-16-15(11-13)12-17(25-16)20(23)24-18(19(22)21(2)3)14-7-5-4-6-8-14/h4-8,12-13,18H,9-11H2,1-3H3/t13-,18+/m1/s1. The van der Waals surface area contributed by atoms with Crippen molar-refractivity contribution in [1.29, 1.82) is 0 Å². The van der Waals surface area contributed by atoms with Gasteiger partial charge in [-0.25, -0.2) is 4.79 Å². The van der Waals surface area contributed by atoms with Crippen LogP contribution in [0.1, 0.15) is 45.1 Å². The Kier molecular flexibility index (Phi) is 5.23. The van der Waals surface area contributed by atoms with E-state index in [4.69, 9.17) is 4.74 Å². The van der Waals surface area contributed by atoms with Gasteiger partial charge in [-0.15, -0.1) is 11.3 Å². The first kappa shape index (κ1) is 17.7. The van der Waals surface area contributed by atoms with Crippen molar-refractivity contribution in [3.63, 3.8) is 0 Å². The Morgan fingerprint density at radius 3 is 2.64 bits per heavy atom. The summed E-state index contributed by atoms with van der Waals surface area (Å²) in [5, 5.41) is 0. The average molecular weight is 357 g/mol. The largest absolute Gasteiger partial charge is 0.443 e. The zero-order valence-electron chi connectivity index (χ0n) is 14.8. The highest BCUT2D eigenvalue weighted by Gasteiger charge is 2.28. The highest BCUT2D eigenvalue weighted by atomic mass is 32.1. The van der Waals surface area contributed by atoms with Crippen LogP contribution in [0.3, 0.4) is 0 Å². The molecule has 1 amide bonds. The van der Waals surface area contributed by atoms with Gasteiger partial charge in [-0.2, -0.15) is 0 Å². The van der Waals surface area contributed by atoms with Gasteiger partial charge in [0.15, 0.2) is 0 Å². The Labute approximate surface area is 152 Å². The molecule has 0 bridgehead atoms. The Hall–Kier alpha value is -2.14. The maximum absolute atomic E-state index is 12.7. The van der Waals surface area contributed by atoms with Crippen molar-refractivity contribution in [2.45, 2.75) is 32.3 Å². The summed E-state index contributed by atoms with van der Waals surface area (Å²) in [5.74, 6) is -0.0102. The minimum Gasteiger partial charge on any atom is -0.443 e. The predicted molar refractivity (Wildman–Crippen MR) is 98.8 cm³/mol.